The number of unbranched alkanes of at least 4 members (excludes halogenated alkanes) is 1. The lowest BCUT2D eigenvalue weighted by molar-refractivity contribution is -0.116. The molecule has 7 nitrogen and oxygen atoms in total. The van der Waals surface area contributed by atoms with Crippen LogP contribution in [0.25, 0.3) is 16.7 Å². The van der Waals surface area contributed by atoms with Crippen LogP contribution >= 0.6 is 11.8 Å². The number of halogens is 1. The number of aryl methyl sites for hydroxylation is 1. The van der Waals surface area contributed by atoms with E-state index < -0.39 is 0 Å². The lowest BCUT2D eigenvalue weighted by Crippen LogP contribution is -2.27. The number of benzene rings is 2. The van der Waals surface area contributed by atoms with Crippen LogP contribution in [0, 0.1) is 5.82 Å². The molecule has 2 aromatic heterocycles. The second-order valence-electron chi connectivity index (χ2n) is 8.36. The molecule has 5 rings (SSSR count). The highest BCUT2D eigenvalue weighted by atomic mass is 32.2. The molecule has 1 amide bonds. The molecule has 0 spiro atoms. The number of amides is 1. The van der Waals surface area contributed by atoms with Crippen molar-refractivity contribution in [2.75, 3.05) is 11.1 Å². The molecule has 4 aromatic rings. The van der Waals surface area contributed by atoms with Gasteiger partial charge in [0.15, 0.2) is 10.8 Å². The Kier molecular flexibility index (Phi) is 6.19. The average molecular weight is 478 g/mol. The van der Waals surface area contributed by atoms with Crippen molar-refractivity contribution >= 4 is 34.4 Å². The maximum atomic E-state index is 13.3. The summed E-state index contributed by atoms with van der Waals surface area (Å²) in [6.07, 6.45) is 4.97. The Hall–Kier alpha value is -3.46. The smallest absolute Gasteiger partial charge is 0.265 e. The van der Waals surface area contributed by atoms with Crippen molar-refractivity contribution in [1.82, 2.24) is 19.3 Å². The van der Waals surface area contributed by atoms with E-state index in [2.05, 4.69) is 22.3 Å². The van der Waals surface area contributed by atoms with Crippen molar-refractivity contribution in [2.45, 2.75) is 43.8 Å². The normalized spacial score (nSPS) is 14.9. The van der Waals surface area contributed by atoms with E-state index in [9.17, 15) is 14.0 Å². The summed E-state index contributed by atoms with van der Waals surface area (Å²) in [7, 11) is 0. The number of rotatable bonds is 7. The number of aromatic nitrogens is 4. The van der Waals surface area contributed by atoms with Gasteiger partial charge in [0.2, 0.25) is 5.91 Å². The maximum absolute atomic E-state index is 13.3. The van der Waals surface area contributed by atoms with E-state index in [0.717, 1.165) is 24.9 Å². The number of anilines is 1. The zero-order valence-electron chi connectivity index (χ0n) is 18.7. The highest BCUT2D eigenvalue weighted by Crippen LogP contribution is 2.33. The summed E-state index contributed by atoms with van der Waals surface area (Å²) in [5, 5.41) is 8.15. The number of fused-ring (bicyclic) bond motifs is 2. The van der Waals surface area contributed by atoms with Crippen LogP contribution in [-0.4, -0.2) is 31.0 Å². The third-order valence-corrected chi connectivity index (χ3v) is 7.02. The van der Waals surface area contributed by atoms with Gasteiger partial charge in [-0.3, -0.25) is 14.2 Å². The quantitative estimate of drug-likeness (QED) is 0.389. The minimum Gasteiger partial charge on any atom is -0.326 e. The lowest BCUT2D eigenvalue weighted by Gasteiger charge is -2.14. The summed E-state index contributed by atoms with van der Waals surface area (Å²) in [6.45, 7) is 2.16. The predicted octanol–water partition coefficient (Wildman–Crippen LogP) is 4.74. The third kappa shape index (κ3) is 4.35. The fraction of sp³-hybridized carbons (Fsp3) is 0.280. The van der Waals surface area contributed by atoms with Gasteiger partial charge < -0.3 is 5.32 Å². The van der Waals surface area contributed by atoms with E-state index in [-0.39, 0.29) is 29.7 Å². The second-order valence-corrected chi connectivity index (χ2v) is 9.34. The maximum Gasteiger partial charge on any atom is 0.265 e. The monoisotopic (exact) mass is 477 g/mol. The molecule has 0 saturated carbocycles. The first-order valence-corrected chi connectivity index (χ1v) is 12.3. The van der Waals surface area contributed by atoms with E-state index >= 15 is 0 Å². The minimum absolute atomic E-state index is 0.145. The zero-order valence-corrected chi connectivity index (χ0v) is 19.5. The SMILES string of the molecule is CCCCc1ccc(NC(=O)CC2CSc3nc4c(cnn4-c4ccc(F)cc4)c(=O)n32)cc1. The largest absolute Gasteiger partial charge is 0.326 e. The van der Waals surface area contributed by atoms with Gasteiger partial charge in [-0.25, -0.2) is 14.1 Å². The summed E-state index contributed by atoms with van der Waals surface area (Å²) in [5.74, 6) is 0.0920. The molecule has 1 atom stereocenters. The number of nitrogens with one attached hydrogen (secondary N) is 1. The number of nitrogens with zero attached hydrogens (tertiary/aromatic N) is 4. The molecule has 2 aromatic carbocycles. The van der Waals surface area contributed by atoms with E-state index in [4.69, 9.17) is 0 Å². The first kappa shape index (κ1) is 22.3. The first-order valence-electron chi connectivity index (χ1n) is 11.3. The molecule has 9 heteroatoms. The lowest BCUT2D eigenvalue weighted by atomic mass is 10.1. The fourth-order valence-corrected chi connectivity index (χ4v) is 5.24. The minimum atomic E-state index is -0.349. The van der Waals surface area contributed by atoms with Crippen LogP contribution in [0.15, 0.2) is 64.7 Å². The van der Waals surface area contributed by atoms with Crippen molar-refractivity contribution in [3.8, 4) is 5.69 Å². The van der Waals surface area contributed by atoms with Crippen molar-refractivity contribution in [3.63, 3.8) is 0 Å². The van der Waals surface area contributed by atoms with Crippen LogP contribution in [0.2, 0.25) is 0 Å². The molecule has 0 radical (unpaired) electrons. The highest BCUT2D eigenvalue weighted by Gasteiger charge is 2.29. The summed E-state index contributed by atoms with van der Waals surface area (Å²) in [6, 6.07) is 13.5. The Labute approximate surface area is 200 Å². The van der Waals surface area contributed by atoms with Gasteiger partial charge in [-0.2, -0.15) is 5.10 Å². The van der Waals surface area contributed by atoms with Gasteiger partial charge in [-0.1, -0.05) is 37.2 Å². The van der Waals surface area contributed by atoms with Gasteiger partial charge in [-0.15, -0.1) is 0 Å². The van der Waals surface area contributed by atoms with Gasteiger partial charge in [0.1, 0.15) is 11.2 Å². The predicted molar refractivity (Wildman–Crippen MR) is 131 cm³/mol. The molecule has 1 aliphatic rings. The second kappa shape index (κ2) is 9.42. The van der Waals surface area contributed by atoms with E-state index in [1.807, 2.05) is 24.3 Å². The summed E-state index contributed by atoms with van der Waals surface area (Å²) in [5.41, 5.74) is 2.81. The molecular weight excluding hydrogens is 453 g/mol. The Balaban J connectivity index is 1.34. The van der Waals surface area contributed by atoms with Gasteiger partial charge in [0.25, 0.3) is 5.56 Å². The Bertz CT molecular complexity index is 1400. The van der Waals surface area contributed by atoms with Crippen LogP contribution < -0.4 is 10.9 Å². The van der Waals surface area contributed by atoms with Gasteiger partial charge in [0.05, 0.1) is 17.9 Å². The van der Waals surface area contributed by atoms with Gasteiger partial charge >= 0.3 is 0 Å². The van der Waals surface area contributed by atoms with Crippen LogP contribution in [-0.2, 0) is 11.2 Å². The number of hydrogen-bond acceptors (Lipinski definition) is 5. The number of carbonyl (C=O) groups excluding carboxylic acids is 1. The van der Waals surface area contributed by atoms with Gasteiger partial charge in [0, 0.05) is 17.9 Å². The van der Waals surface area contributed by atoms with Crippen LogP contribution in [0.1, 0.15) is 37.8 Å². The molecule has 0 aliphatic carbocycles. The number of thioether (sulfide) groups is 1. The number of hydrogen-bond donors (Lipinski definition) is 1. The van der Waals surface area contributed by atoms with E-state index in [1.165, 1.54) is 40.3 Å². The molecular formula is C25H24FN5O2S. The standard InChI is InChI=1S/C25H24FN5O2S/c1-2-3-4-16-5-9-18(10-6-16)28-22(32)13-20-15-34-25-29-23-21(24(33)30(20)25)14-27-31(23)19-11-7-17(26)8-12-19/h5-12,14,20H,2-4,13,15H2,1H3,(H,28,32). The average Bonchev–Trinajstić information content (AvgIpc) is 3.44. The Morgan fingerprint density at radius 2 is 1.94 bits per heavy atom. The fourth-order valence-electron chi connectivity index (χ4n) is 4.11. The molecule has 34 heavy (non-hydrogen) atoms. The molecule has 0 saturated heterocycles. The Morgan fingerprint density at radius 1 is 1.18 bits per heavy atom. The van der Waals surface area contributed by atoms with E-state index in [0.29, 0.717) is 27.6 Å². The first-order chi connectivity index (χ1) is 16.5. The van der Waals surface area contributed by atoms with Crippen LogP contribution in [0.4, 0.5) is 10.1 Å². The van der Waals surface area contributed by atoms with Crippen LogP contribution in [0.5, 0.6) is 0 Å². The molecule has 0 bridgehead atoms. The molecule has 174 valence electrons. The molecule has 1 N–H and O–H groups in total. The summed E-state index contributed by atoms with van der Waals surface area (Å²) in [4.78, 5) is 30.6. The number of carbonyl (C=O) groups is 1. The third-order valence-electron chi connectivity index (χ3n) is 5.92. The van der Waals surface area contributed by atoms with Crippen molar-refractivity contribution in [1.29, 1.82) is 0 Å². The van der Waals surface area contributed by atoms with Crippen molar-refractivity contribution in [2.24, 2.45) is 0 Å². The van der Waals surface area contributed by atoms with Gasteiger partial charge in [-0.05, 0) is 54.8 Å². The summed E-state index contributed by atoms with van der Waals surface area (Å²) >= 11 is 1.44. The molecule has 1 unspecified atom stereocenters. The summed E-state index contributed by atoms with van der Waals surface area (Å²) < 4.78 is 16.4. The van der Waals surface area contributed by atoms with Crippen LogP contribution in [0.3, 0.4) is 0 Å². The Morgan fingerprint density at radius 3 is 2.68 bits per heavy atom. The highest BCUT2D eigenvalue weighted by molar-refractivity contribution is 7.99. The topological polar surface area (TPSA) is 81.8 Å². The van der Waals surface area contributed by atoms with Crippen molar-refractivity contribution < 1.29 is 9.18 Å². The molecule has 1 aliphatic heterocycles. The van der Waals surface area contributed by atoms with E-state index in [1.54, 1.807) is 16.7 Å². The molecule has 0 fully saturated rings. The molecule has 3 heterocycles. The zero-order chi connectivity index (χ0) is 23.7. The van der Waals surface area contributed by atoms with Crippen molar-refractivity contribution in [3.05, 3.63) is 76.5 Å².